The van der Waals surface area contributed by atoms with Gasteiger partial charge in [-0.15, -0.1) is 0 Å². The molecule has 0 N–H and O–H groups in total. The Hall–Kier alpha value is -3.29. The maximum atomic E-state index is 12.0. The monoisotopic (exact) mass is 403 g/mol. The molecule has 2 aliphatic rings. The number of fused-ring (bicyclic) bond motifs is 1. The predicted molar refractivity (Wildman–Crippen MR) is 115 cm³/mol. The molecule has 3 aromatic heterocycles. The van der Waals surface area contributed by atoms with Crippen molar-refractivity contribution in [3.8, 4) is 17.3 Å². The summed E-state index contributed by atoms with van der Waals surface area (Å²) in [5, 5.41) is 0. The van der Waals surface area contributed by atoms with E-state index in [0.717, 1.165) is 48.4 Å². The SMILES string of the molecule is CCC1C(C=O)N(C)c2cnc(-n3ccnc3-c3ccncc3)nc2N1C1CCC1. The number of hydrogen-bond donors (Lipinski definition) is 0. The quantitative estimate of drug-likeness (QED) is 0.606. The summed E-state index contributed by atoms with van der Waals surface area (Å²) in [7, 11) is 1.96. The third kappa shape index (κ3) is 2.86. The summed E-state index contributed by atoms with van der Waals surface area (Å²) in [4.78, 5) is 34.6. The van der Waals surface area contributed by atoms with Crippen molar-refractivity contribution < 1.29 is 4.79 Å². The van der Waals surface area contributed by atoms with Crippen LogP contribution in [0.25, 0.3) is 17.3 Å². The molecule has 0 spiro atoms. The molecule has 0 amide bonds. The van der Waals surface area contributed by atoms with Gasteiger partial charge in [0, 0.05) is 43.4 Å². The molecule has 2 unspecified atom stereocenters. The molecule has 0 aromatic carbocycles. The summed E-state index contributed by atoms with van der Waals surface area (Å²) in [6.45, 7) is 2.14. The first-order valence-electron chi connectivity index (χ1n) is 10.5. The van der Waals surface area contributed by atoms with Crippen LogP contribution in [-0.4, -0.2) is 56.0 Å². The average Bonchev–Trinajstić information content (AvgIpc) is 3.24. The van der Waals surface area contributed by atoms with Gasteiger partial charge in [0.05, 0.1) is 17.9 Å². The lowest BCUT2D eigenvalue weighted by Crippen LogP contribution is -2.60. The molecule has 0 saturated heterocycles. The lowest BCUT2D eigenvalue weighted by molar-refractivity contribution is -0.109. The van der Waals surface area contributed by atoms with Gasteiger partial charge in [-0.25, -0.2) is 9.97 Å². The Kier molecular flexibility index (Phi) is 4.69. The van der Waals surface area contributed by atoms with Crippen molar-refractivity contribution in [3.63, 3.8) is 0 Å². The molecule has 5 rings (SSSR count). The molecule has 8 heteroatoms. The van der Waals surface area contributed by atoms with Gasteiger partial charge < -0.3 is 14.6 Å². The van der Waals surface area contributed by atoms with Crippen molar-refractivity contribution >= 4 is 17.8 Å². The van der Waals surface area contributed by atoms with Gasteiger partial charge in [-0.1, -0.05) is 6.92 Å². The molecule has 0 bridgehead atoms. The van der Waals surface area contributed by atoms with E-state index in [1.807, 2.05) is 41.0 Å². The molecular weight excluding hydrogens is 378 g/mol. The van der Waals surface area contributed by atoms with E-state index in [-0.39, 0.29) is 12.1 Å². The summed E-state index contributed by atoms with van der Waals surface area (Å²) >= 11 is 0. The number of hydrogen-bond acceptors (Lipinski definition) is 7. The number of carbonyl (C=O) groups excluding carboxylic acids is 1. The second-order valence-electron chi connectivity index (χ2n) is 7.94. The number of rotatable bonds is 5. The van der Waals surface area contributed by atoms with Crippen LogP contribution in [0.5, 0.6) is 0 Å². The Labute approximate surface area is 175 Å². The van der Waals surface area contributed by atoms with Gasteiger partial charge in [0.15, 0.2) is 5.82 Å². The molecule has 8 nitrogen and oxygen atoms in total. The third-order valence-electron chi connectivity index (χ3n) is 6.38. The number of aromatic nitrogens is 5. The highest BCUT2D eigenvalue weighted by molar-refractivity contribution is 5.79. The number of nitrogens with zero attached hydrogens (tertiary/aromatic N) is 7. The smallest absolute Gasteiger partial charge is 0.237 e. The Morgan fingerprint density at radius 1 is 1.17 bits per heavy atom. The van der Waals surface area contributed by atoms with Gasteiger partial charge in [-0.3, -0.25) is 9.55 Å². The molecule has 1 fully saturated rings. The zero-order valence-corrected chi connectivity index (χ0v) is 17.2. The fourth-order valence-corrected chi connectivity index (χ4v) is 4.56. The fourth-order valence-electron chi connectivity index (χ4n) is 4.56. The molecule has 1 aliphatic heterocycles. The van der Waals surface area contributed by atoms with Crippen LogP contribution in [-0.2, 0) is 4.79 Å². The van der Waals surface area contributed by atoms with Crippen molar-refractivity contribution in [2.45, 2.75) is 50.7 Å². The van der Waals surface area contributed by atoms with E-state index in [4.69, 9.17) is 4.98 Å². The van der Waals surface area contributed by atoms with Crippen LogP contribution < -0.4 is 9.80 Å². The zero-order valence-electron chi connectivity index (χ0n) is 17.2. The summed E-state index contributed by atoms with van der Waals surface area (Å²) in [5.41, 5.74) is 1.86. The summed E-state index contributed by atoms with van der Waals surface area (Å²) < 4.78 is 1.90. The van der Waals surface area contributed by atoms with Crippen molar-refractivity contribution in [3.05, 3.63) is 43.1 Å². The van der Waals surface area contributed by atoms with E-state index in [2.05, 4.69) is 26.8 Å². The van der Waals surface area contributed by atoms with Crippen molar-refractivity contribution in [2.75, 3.05) is 16.8 Å². The normalized spacial score (nSPS) is 21.3. The van der Waals surface area contributed by atoms with Crippen LogP contribution in [0.1, 0.15) is 32.6 Å². The summed E-state index contributed by atoms with van der Waals surface area (Å²) in [6.07, 6.45) is 14.4. The van der Waals surface area contributed by atoms with Gasteiger partial charge in [0.25, 0.3) is 0 Å². The molecule has 2 atom stereocenters. The minimum atomic E-state index is -0.196. The Bertz CT molecular complexity index is 1050. The van der Waals surface area contributed by atoms with E-state index in [1.165, 1.54) is 6.42 Å². The summed E-state index contributed by atoms with van der Waals surface area (Å²) in [5.74, 6) is 2.26. The molecule has 154 valence electrons. The highest BCUT2D eigenvalue weighted by Crippen LogP contribution is 2.42. The van der Waals surface area contributed by atoms with Crippen molar-refractivity contribution in [2.24, 2.45) is 0 Å². The molecule has 1 saturated carbocycles. The first kappa shape index (κ1) is 18.7. The standard InChI is InChI=1S/C22H25N7O/c1-3-17-19(14-30)27(2)18-13-25-22(26-21(18)29(17)16-5-4-6-16)28-12-11-24-20(28)15-7-9-23-10-8-15/h7-14,16-17,19H,3-6H2,1-2H3. The second-order valence-corrected chi connectivity index (χ2v) is 7.94. The molecule has 1 aliphatic carbocycles. The van der Waals surface area contributed by atoms with E-state index in [1.54, 1.807) is 18.6 Å². The maximum absolute atomic E-state index is 12.0. The van der Waals surface area contributed by atoms with Crippen LogP contribution in [0.4, 0.5) is 11.5 Å². The first-order chi connectivity index (χ1) is 14.7. The molecule has 30 heavy (non-hydrogen) atoms. The van der Waals surface area contributed by atoms with Gasteiger partial charge >= 0.3 is 0 Å². The highest BCUT2D eigenvalue weighted by atomic mass is 16.1. The molecule has 4 heterocycles. The van der Waals surface area contributed by atoms with Crippen LogP contribution in [0.15, 0.2) is 43.1 Å². The van der Waals surface area contributed by atoms with E-state index in [9.17, 15) is 4.79 Å². The van der Waals surface area contributed by atoms with Gasteiger partial charge in [0.2, 0.25) is 5.95 Å². The maximum Gasteiger partial charge on any atom is 0.237 e. The second kappa shape index (κ2) is 7.51. The number of imidazole rings is 1. The number of likely N-dealkylation sites (N-methyl/N-ethyl adjacent to an activating group) is 1. The number of aldehydes is 1. The Morgan fingerprint density at radius 3 is 2.63 bits per heavy atom. The average molecular weight is 403 g/mol. The Balaban J connectivity index is 1.63. The number of pyridine rings is 1. The highest BCUT2D eigenvalue weighted by Gasteiger charge is 2.42. The fraction of sp³-hybridized carbons (Fsp3) is 0.409. The Morgan fingerprint density at radius 2 is 1.97 bits per heavy atom. The van der Waals surface area contributed by atoms with E-state index in [0.29, 0.717) is 12.0 Å². The lowest BCUT2D eigenvalue weighted by Gasteiger charge is -2.51. The van der Waals surface area contributed by atoms with Crippen LogP contribution in [0.3, 0.4) is 0 Å². The minimum Gasteiger partial charge on any atom is -0.359 e. The van der Waals surface area contributed by atoms with Crippen LogP contribution in [0, 0.1) is 0 Å². The lowest BCUT2D eigenvalue weighted by atomic mass is 9.87. The third-order valence-corrected chi connectivity index (χ3v) is 6.38. The van der Waals surface area contributed by atoms with E-state index < -0.39 is 0 Å². The largest absolute Gasteiger partial charge is 0.359 e. The van der Waals surface area contributed by atoms with Crippen molar-refractivity contribution in [1.82, 2.24) is 24.5 Å². The molecule has 0 radical (unpaired) electrons. The number of anilines is 2. The number of carbonyl (C=O) groups is 1. The molecule has 3 aromatic rings. The predicted octanol–water partition coefficient (Wildman–Crippen LogP) is 2.88. The topological polar surface area (TPSA) is 80.0 Å². The van der Waals surface area contributed by atoms with Gasteiger partial charge in [0.1, 0.15) is 18.2 Å². The van der Waals surface area contributed by atoms with Crippen molar-refractivity contribution in [1.29, 1.82) is 0 Å². The summed E-state index contributed by atoms with van der Waals surface area (Å²) in [6, 6.07) is 4.18. The first-order valence-corrected chi connectivity index (χ1v) is 10.5. The molecular formula is C22H25N7O. The van der Waals surface area contributed by atoms with Crippen LogP contribution >= 0.6 is 0 Å². The van der Waals surface area contributed by atoms with Gasteiger partial charge in [-0.2, -0.15) is 4.98 Å². The van der Waals surface area contributed by atoms with E-state index >= 15 is 0 Å². The zero-order chi connectivity index (χ0) is 20.7. The van der Waals surface area contributed by atoms with Crippen LogP contribution in [0.2, 0.25) is 0 Å². The van der Waals surface area contributed by atoms with Gasteiger partial charge in [-0.05, 0) is 37.8 Å². The minimum absolute atomic E-state index is 0.107.